The summed E-state index contributed by atoms with van der Waals surface area (Å²) in [6, 6.07) is 11.5. The van der Waals surface area contributed by atoms with Gasteiger partial charge in [-0.05, 0) is 67.5 Å². The number of amides is 2. The predicted molar refractivity (Wildman–Crippen MR) is 202 cm³/mol. The van der Waals surface area contributed by atoms with Gasteiger partial charge in [-0.1, -0.05) is 29.8 Å². The standard InChI is InChI=1S/C40H42ClF3N6O7/c1-54-36-22(20-50(39(52)53)21-25-7-11-33(51)47-25)6-9-31(48-36)29-12-15-45-35(34(29)41)28-5-3-4-27-26(28)8-10-32(27)57-38-30(40(42,43)44)18-23(37(49-38)55-2)19-46-24-13-16-56-17-14-24/h3-6,9,12,15,18,24-25,32,46H,7-8,10-11,13-14,16-17,19-21H2,1-2H3,(H,47,51)(H,52,53)/t25-,32-/m0/s1. The molecule has 2 aliphatic heterocycles. The summed E-state index contributed by atoms with van der Waals surface area (Å²) in [6.07, 6.45) is -1.73. The van der Waals surface area contributed by atoms with Crippen molar-refractivity contribution in [2.24, 2.45) is 0 Å². The van der Waals surface area contributed by atoms with Gasteiger partial charge in [0, 0.05) is 73.3 Å². The number of carbonyl (C=O) groups is 2. The van der Waals surface area contributed by atoms with Crippen molar-refractivity contribution in [1.82, 2.24) is 30.5 Å². The molecule has 2 saturated heterocycles. The largest absolute Gasteiger partial charge is 0.481 e. The Morgan fingerprint density at radius 1 is 1.00 bits per heavy atom. The number of ether oxygens (including phenoxy) is 4. The smallest absolute Gasteiger partial charge is 0.421 e. The average Bonchev–Trinajstić information content (AvgIpc) is 3.82. The number of methoxy groups -OCH3 is 2. The fourth-order valence-corrected chi connectivity index (χ4v) is 7.92. The molecule has 0 spiro atoms. The molecule has 4 aromatic rings. The van der Waals surface area contributed by atoms with Gasteiger partial charge in [-0.2, -0.15) is 18.2 Å². The molecule has 57 heavy (non-hydrogen) atoms. The molecule has 3 aromatic heterocycles. The number of rotatable bonds is 13. The summed E-state index contributed by atoms with van der Waals surface area (Å²) in [5.74, 6) is -0.411. The Morgan fingerprint density at radius 3 is 2.47 bits per heavy atom. The molecular weight excluding hydrogens is 769 g/mol. The van der Waals surface area contributed by atoms with Crippen molar-refractivity contribution in [1.29, 1.82) is 0 Å². The third kappa shape index (κ3) is 8.87. The first-order valence-corrected chi connectivity index (χ1v) is 19.0. The van der Waals surface area contributed by atoms with E-state index in [1.807, 2.05) is 12.1 Å². The van der Waals surface area contributed by atoms with Gasteiger partial charge in [-0.15, -0.1) is 0 Å². The van der Waals surface area contributed by atoms with E-state index in [9.17, 15) is 27.9 Å². The number of halogens is 4. The minimum absolute atomic E-state index is 0.0163. The number of fused-ring (bicyclic) bond motifs is 1. The van der Waals surface area contributed by atoms with Crippen molar-refractivity contribution in [3.63, 3.8) is 0 Å². The van der Waals surface area contributed by atoms with Gasteiger partial charge in [0.25, 0.3) is 0 Å². The molecule has 13 nitrogen and oxygen atoms in total. The van der Waals surface area contributed by atoms with Crippen LogP contribution in [-0.2, 0) is 35.2 Å². The number of benzene rings is 1. The summed E-state index contributed by atoms with van der Waals surface area (Å²) < 4.78 is 66.0. The second-order valence-electron chi connectivity index (χ2n) is 14.1. The molecule has 0 unspecified atom stereocenters. The average molecular weight is 811 g/mol. The number of hydrogen-bond acceptors (Lipinski definition) is 10. The van der Waals surface area contributed by atoms with Crippen molar-refractivity contribution >= 4 is 23.6 Å². The first-order chi connectivity index (χ1) is 27.4. The van der Waals surface area contributed by atoms with Gasteiger partial charge in [-0.25, -0.2) is 9.78 Å². The van der Waals surface area contributed by atoms with Crippen molar-refractivity contribution in [3.8, 4) is 40.2 Å². The lowest BCUT2D eigenvalue weighted by Gasteiger charge is -2.24. The zero-order valence-corrected chi connectivity index (χ0v) is 32.1. The maximum Gasteiger partial charge on any atom is 0.421 e. The zero-order valence-electron chi connectivity index (χ0n) is 31.3. The van der Waals surface area contributed by atoms with E-state index in [0.717, 1.165) is 24.5 Å². The molecule has 0 saturated carbocycles. The molecule has 2 fully saturated rings. The van der Waals surface area contributed by atoms with Gasteiger partial charge in [0.1, 0.15) is 11.7 Å². The first kappa shape index (κ1) is 40.0. The highest BCUT2D eigenvalue weighted by molar-refractivity contribution is 6.35. The second kappa shape index (κ2) is 17.1. The van der Waals surface area contributed by atoms with E-state index in [1.165, 1.54) is 19.1 Å². The van der Waals surface area contributed by atoms with Crippen molar-refractivity contribution in [2.45, 2.75) is 76.0 Å². The van der Waals surface area contributed by atoms with Crippen LogP contribution in [0.5, 0.6) is 17.6 Å². The highest BCUT2D eigenvalue weighted by Crippen LogP contribution is 2.45. The van der Waals surface area contributed by atoms with E-state index in [0.29, 0.717) is 72.5 Å². The van der Waals surface area contributed by atoms with Crippen LogP contribution < -0.4 is 24.8 Å². The van der Waals surface area contributed by atoms with Crippen molar-refractivity contribution in [2.75, 3.05) is 34.0 Å². The van der Waals surface area contributed by atoms with Crippen LogP contribution in [0.25, 0.3) is 22.5 Å². The second-order valence-corrected chi connectivity index (χ2v) is 14.5. The molecule has 5 heterocycles. The summed E-state index contributed by atoms with van der Waals surface area (Å²) in [5, 5.41) is 16.3. The molecular formula is C40H42ClF3N6O7. The number of carboxylic acid groups (broad SMARTS) is 1. The molecule has 302 valence electrons. The number of alkyl halides is 3. The molecule has 3 aliphatic rings. The van der Waals surface area contributed by atoms with Crippen molar-refractivity contribution < 1.29 is 46.8 Å². The topological polar surface area (TPSA) is 157 Å². The molecule has 7 rings (SSSR count). The molecule has 1 aromatic carbocycles. The molecule has 17 heteroatoms. The number of hydrogen-bond donors (Lipinski definition) is 3. The predicted octanol–water partition coefficient (Wildman–Crippen LogP) is 6.99. The van der Waals surface area contributed by atoms with E-state index in [1.54, 1.807) is 30.5 Å². The van der Waals surface area contributed by atoms with Gasteiger partial charge >= 0.3 is 12.3 Å². The number of nitrogens with one attached hydrogen (secondary N) is 2. The maximum atomic E-state index is 14.5. The fraction of sp³-hybridized carbons (Fsp3) is 0.425. The number of nitrogens with zero attached hydrogens (tertiary/aromatic N) is 4. The van der Waals surface area contributed by atoms with Crippen molar-refractivity contribution in [3.05, 3.63) is 81.5 Å². The van der Waals surface area contributed by atoms with E-state index in [4.69, 9.17) is 30.5 Å². The zero-order chi connectivity index (χ0) is 40.3. The summed E-state index contributed by atoms with van der Waals surface area (Å²) in [6.45, 7) is 1.43. The summed E-state index contributed by atoms with van der Waals surface area (Å²) in [4.78, 5) is 38.5. The Bertz CT molecular complexity index is 2130. The monoisotopic (exact) mass is 810 g/mol. The molecule has 2 atom stereocenters. The lowest BCUT2D eigenvalue weighted by atomic mass is 9.98. The third-order valence-corrected chi connectivity index (χ3v) is 10.9. The van der Waals surface area contributed by atoms with Gasteiger partial charge in [0.05, 0.1) is 37.2 Å². The summed E-state index contributed by atoms with van der Waals surface area (Å²) >= 11 is 7.05. The van der Waals surface area contributed by atoms with Crippen LogP contribution in [0.15, 0.2) is 48.7 Å². The Hall–Kier alpha value is -5.19. The van der Waals surface area contributed by atoms with Crippen LogP contribution in [0.4, 0.5) is 18.0 Å². The maximum absolute atomic E-state index is 14.5. The lowest BCUT2D eigenvalue weighted by Crippen LogP contribution is -2.41. The minimum Gasteiger partial charge on any atom is -0.481 e. The molecule has 0 bridgehead atoms. The number of pyridine rings is 3. The minimum atomic E-state index is -4.73. The molecule has 1 aliphatic carbocycles. The van der Waals surface area contributed by atoms with E-state index in [-0.39, 0.29) is 60.0 Å². The van der Waals surface area contributed by atoms with E-state index >= 15 is 0 Å². The van der Waals surface area contributed by atoms with Crippen LogP contribution in [0.3, 0.4) is 0 Å². The fourth-order valence-electron chi connectivity index (χ4n) is 7.61. The SMILES string of the molecule is COc1nc(-c2ccnc(-c3cccc4c3CC[C@@H]4Oc3nc(OC)c(CNC4CCOCC4)cc3C(F)(F)F)c2Cl)ccc1CN(C[C@@H]1CCC(=O)N1)C(=O)O. The molecule has 2 amide bonds. The van der Waals surface area contributed by atoms with Crippen LogP contribution in [0.1, 0.15) is 66.0 Å². The third-order valence-electron chi connectivity index (χ3n) is 10.5. The number of carbonyl (C=O) groups excluding carboxylic acids is 1. The highest BCUT2D eigenvalue weighted by atomic mass is 35.5. The van der Waals surface area contributed by atoms with Crippen LogP contribution in [0.2, 0.25) is 5.02 Å². The van der Waals surface area contributed by atoms with E-state index in [2.05, 4.69) is 25.6 Å². The van der Waals surface area contributed by atoms with Crippen LogP contribution in [0, 0.1) is 0 Å². The Balaban J connectivity index is 1.13. The normalized spacial score (nSPS) is 18.2. The Kier molecular flexibility index (Phi) is 12.0. The first-order valence-electron chi connectivity index (χ1n) is 18.6. The number of aromatic nitrogens is 3. The molecule has 0 radical (unpaired) electrons. The van der Waals surface area contributed by atoms with Gasteiger partial charge in [0.15, 0.2) is 0 Å². The Morgan fingerprint density at radius 2 is 1.77 bits per heavy atom. The summed E-state index contributed by atoms with van der Waals surface area (Å²) in [7, 11) is 2.81. The van der Waals surface area contributed by atoms with Gasteiger partial charge in [0.2, 0.25) is 23.5 Å². The molecule has 3 N–H and O–H groups in total. The van der Waals surface area contributed by atoms with Crippen LogP contribution in [-0.4, -0.2) is 83.0 Å². The van der Waals surface area contributed by atoms with Crippen LogP contribution >= 0.6 is 11.6 Å². The Labute approximate surface area is 331 Å². The lowest BCUT2D eigenvalue weighted by molar-refractivity contribution is -0.139. The highest BCUT2D eigenvalue weighted by Gasteiger charge is 2.39. The van der Waals surface area contributed by atoms with E-state index < -0.39 is 29.8 Å². The quantitative estimate of drug-likeness (QED) is 0.128. The van der Waals surface area contributed by atoms with Gasteiger partial charge in [-0.3, -0.25) is 9.78 Å². The summed E-state index contributed by atoms with van der Waals surface area (Å²) in [5.41, 5.74) is 3.47. The van der Waals surface area contributed by atoms with Gasteiger partial charge < -0.3 is 39.6 Å².